The van der Waals surface area contributed by atoms with Crippen molar-refractivity contribution < 1.29 is 4.79 Å². The third-order valence-corrected chi connectivity index (χ3v) is 2.04. The lowest BCUT2D eigenvalue weighted by Gasteiger charge is -2.08. The number of hydrogen-bond donors (Lipinski definition) is 2. The molecule has 80 valence electrons. The molecule has 14 heavy (non-hydrogen) atoms. The van der Waals surface area contributed by atoms with Crippen LogP contribution in [0.1, 0.15) is 39.0 Å². The standard InChI is InChI=1S/C11H20N2O/c1-3-5-6-7-8-13-11(14)9-10(12)4-2/h1,10H,4-9,12H2,2H3,(H,13,14). The van der Waals surface area contributed by atoms with E-state index in [4.69, 9.17) is 12.2 Å². The van der Waals surface area contributed by atoms with E-state index in [1.807, 2.05) is 6.92 Å². The van der Waals surface area contributed by atoms with Crippen LogP contribution in [0.25, 0.3) is 0 Å². The molecule has 0 fully saturated rings. The molecule has 0 aromatic rings. The molecule has 0 spiro atoms. The van der Waals surface area contributed by atoms with Crippen molar-refractivity contribution in [2.75, 3.05) is 6.54 Å². The van der Waals surface area contributed by atoms with Gasteiger partial charge in [0, 0.05) is 25.4 Å². The number of nitrogens with two attached hydrogens (primary N) is 1. The van der Waals surface area contributed by atoms with Gasteiger partial charge in [-0.15, -0.1) is 12.3 Å². The Morgan fingerprint density at radius 3 is 2.86 bits per heavy atom. The fraction of sp³-hybridized carbons (Fsp3) is 0.727. The Labute approximate surface area is 86.4 Å². The lowest BCUT2D eigenvalue weighted by Crippen LogP contribution is -2.31. The molecule has 0 aromatic heterocycles. The van der Waals surface area contributed by atoms with Crippen molar-refractivity contribution in [3.63, 3.8) is 0 Å². The van der Waals surface area contributed by atoms with Gasteiger partial charge < -0.3 is 11.1 Å². The molecule has 0 aliphatic rings. The number of carbonyl (C=O) groups is 1. The molecule has 0 rings (SSSR count). The minimum absolute atomic E-state index is 0.0132. The van der Waals surface area contributed by atoms with Gasteiger partial charge in [0.2, 0.25) is 5.91 Å². The van der Waals surface area contributed by atoms with E-state index >= 15 is 0 Å². The van der Waals surface area contributed by atoms with Crippen molar-refractivity contribution in [3.8, 4) is 12.3 Å². The Morgan fingerprint density at radius 1 is 1.57 bits per heavy atom. The van der Waals surface area contributed by atoms with Gasteiger partial charge in [-0.1, -0.05) is 6.92 Å². The Bertz CT molecular complexity index is 196. The summed E-state index contributed by atoms with van der Waals surface area (Å²) in [5.41, 5.74) is 5.64. The summed E-state index contributed by atoms with van der Waals surface area (Å²) in [4.78, 5) is 11.2. The largest absolute Gasteiger partial charge is 0.356 e. The highest BCUT2D eigenvalue weighted by Crippen LogP contribution is 1.94. The molecular formula is C11H20N2O. The molecule has 3 nitrogen and oxygen atoms in total. The van der Waals surface area contributed by atoms with Crippen LogP contribution in [-0.2, 0) is 4.79 Å². The van der Waals surface area contributed by atoms with Crippen LogP contribution < -0.4 is 11.1 Å². The van der Waals surface area contributed by atoms with Crippen molar-refractivity contribution >= 4 is 5.91 Å². The lowest BCUT2D eigenvalue weighted by molar-refractivity contribution is -0.121. The molecular weight excluding hydrogens is 176 g/mol. The summed E-state index contributed by atoms with van der Waals surface area (Å²) in [5, 5.41) is 2.82. The monoisotopic (exact) mass is 196 g/mol. The fourth-order valence-corrected chi connectivity index (χ4v) is 1.03. The van der Waals surface area contributed by atoms with Crippen LogP contribution in [0.2, 0.25) is 0 Å². The first-order chi connectivity index (χ1) is 6.70. The van der Waals surface area contributed by atoms with Crippen LogP contribution in [0, 0.1) is 12.3 Å². The van der Waals surface area contributed by atoms with Gasteiger partial charge in [-0.3, -0.25) is 4.79 Å². The molecule has 0 aromatic carbocycles. The van der Waals surface area contributed by atoms with Crippen LogP contribution in [0.5, 0.6) is 0 Å². The van der Waals surface area contributed by atoms with Crippen LogP contribution in [0.4, 0.5) is 0 Å². The van der Waals surface area contributed by atoms with E-state index in [1.165, 1.54) is 0 Å². The molecule has 0 saturated carbocycles. The summed E-state index contributed by atoms with van der Waals surface area (Å²) in [5.74, 6) is 2.61. The zero-order chi connectivity index (χ0) is 10.8. The summed E-state index contributed by atoms with van der Waals surface area (Å²) in [6, 6.07) is -0.0132. The van der Waals surface area contributed by atoms with E-state index in [2.05, 4.69) is 11.2 Å². The first-order valence-corrected chi connectivity index (χ1v) is 5.16. The van der Waals surface area contributed by atoms with E-state index in [0.29, 0.717) is 13.0 Å². The van der Waals surface area contributed by atoms with Crippen molar-refractivity contribution in [1.82, 2.24) is 5.32 Å². The predicted octanol–water partition coefficient (Wildman–Crippen LogP) is 1.03. The maximum absolute atomic E-state index is 11.2. The van der Waals surface area contributed by atoms with Crippen molar-refractivity contribution in [1.29, 1.82) is 0 Å². The van der Waals surface area contributed by atoms with Gasteiger partial charge in [-0.05, 0) is 19.3 Å². The minimum atomic E-state index is -0.0132. The number of nitrogens with one attached hydrogen (secondary N) is 1. The Kier molecular flexibility index (Phi) is 7.96. The molecule has 0 bridgehead atoms. The molecule has 0 saturated heterocycles. The number of amides is 1. The molecule has 0 aliphatic heterocycles. The molecule has 1 amide bonds. The summed E-state index contributed by atoms with van der Waals surface area (Å²) in [6.07, 6.45) is 9.05. The molecule has 0 radical (unpaired) electrons. The lowest BCUT2D eigenvalue weighted by atomic mass is 10.1. The maximum Gasteiger partial charge on any atom is 0.221 e. The SMILES string of the molecule is C#CCCCCNC(=O)CC(N)CC. The highest BCUT2D eigenvalue weighted by atomic mass is 16.1. The topological polar surface area (TPSA) is 55.1 Å². The van der Waals surface area contributed by atoms with E-state index in [9.17, 15) is 4.79 Å². The molecule has 1 atom stereocenters. The van der Waals surface area contributed by atoms with Gasteiger partial charge in [0.25, 0.3) is 0 Å². The normalized spacial score (nSPS) is 11.8. The number of terminal acetylenes is 1. The van der Waals surface area contributed by atoms with Crippen molar-refractivity contribution in [2.45, 2.75) is 45.1 Å². The van der Waals surface area contributed by atoms with Crippen molar-refractivity contribution in [3.05, 3.63) is 0 Å². The van der Waals surface area contributed by atoms with Gasteiger partial charge >= 0.3 is 0 Å². The second kappa shape index (κ2) is 8.58. The summed E-state index contributed by atoms with van der Waals surface area (Å²) in [7, 11) is 0. The van der Waals surface area contributed by atoms with Crippen LogP contribution >= 0.6 is 0 Å². The highest BCUT2D eigenvalue weighted by molar-refractivity contribution is 5.76. The van der Waals surface area contributed by atoms with E-state index in [1.54, 1.807) is 0 Å². The molecule has 3 heteroatoms. The molecule has 0 heterocycles. The number of hydrogen-bond acceptors (Lipinski definition) is 2. The molecule has 1 unspecified atom stereocenters. The van der Waals surface area contributed by atoms with E-state index < -0.39 is 0 Å². The first kappa shape index (κ1) is 13.0. The number of unbranched alkanes of at least 4 members (excludes halogenated alkanes) is 2. The maximum atomic E-state index is 11.2. The Balaban J connectivity index is 3.32. The van der Waals surface area contributed by atoms with Gasteiger partial charge in [0.05, 0.1) is 0 Å². The Morgan fingerprint density at radius 2 is 2.29 bits per heavy atom. The quantitative estimate of drug-likeness (QED) is 0.472. The fourth-order valence-electron chi connectivity index (χ4n) is 1.03. The summed E-state index contributed by atoms with van der Waals surface area (Å²) < 4.78 is 0. The molecule has 0 aliphatic carbocycles. The Hall–Kier alpha value is -1.01. The first-order valence-electron chi connectivity index (χ1n) is 5.16. The summed E-state index contributed by atoms with van der Waals surface area (Å²) >= 11 is 0. The zero-order valence-electron chi connectivity index (χ0n) is 8.88. The second-order valence-corrected chi connectivity index (χ2v) is 3.38. The third-order valence-electron chi connectivity index (χ3n) is 2.04. The molecule has 3 N–H and O–H groups in total. The zero-order valence-corrected chi connectivity index (χ0v) is 8.88. The van der Waals surface area contributed by atoms with E-state index in [0.717, 1.165) is 25.7 Å². The smallest absolute Gasteiger partial charge is 0.221 e. The summed E-state index contributed by atoms with van der Waals surface area (Å²) in [6.45, 7) is 2.68. The van der Waals surface area contributed by atoms with E-state index in [-0.39, 0.29) is 11.9 Å². The van der Waals surface area contributed by atoms with Crippen molar-refractivity contribution in [2.24, 2.45) is 5.73 Å². The average Bonchev–Trinajstić information content (AvgIpc) is 2.17. The second-order valence-electron chi connectivity index (χ2n) is 3.38. The minimum Gasteiger partial charge on any atom is -0.356 e. The number of carbonyl (C=O) groups excluding carboxylic acids is 1. The van der Waals surface area contributed by atoms with Crippen LogP contribution in [-0.4, -0.2) is 18.5 Å². The van der Waals surface area contributed by atoms with Gasteiger partial charge in [-0.25, -0.2) is 0 Å². The third kappa shape index (κ3) is 7.63. The van der Waals surface area contributed by atoms with Gasteiger partial charge in [-0.2, -0.15) is 0 Å². The van der Waals surface area contributed by atoms with Gasteiger partial charge in [0.15, 0.2) is 0 Å². The average molecular weight is 196 g/mol. The highest BCUT2D eigenvalue weighted by Gasteiger charge is 2.05. The number of rotatable bonds is 7. The van der Waals surface area contributed by atoms with Crippen LogP contribution in [0.3, 0.4) is 0 Å². The van der Waals surface area contributed by atoms with Crippen LogP contribution in [0.15, 0.2) is 0 Å². The van der Waals surface area contributed by atoms with Gasteiger partial charge in [0.1, 0.15) is 0 Å². The predicted molar refractivity (Wildman–Crippen MR) is 58.6 cm³/mol.